The van der Waals surface area contributed by atoms with Crippen LogP contribution in [-0.2, 0) is 21.0 Å². The number of benzene rings is 1. The summed E-state index contributed by atoms with van der Waals surface area (Å²) in [5, 5.41) is 0. The van der Waals surface area contributed by atoms with Crippen molar-refractivity contribution in [2.45, 2.75) is 62.7 Å². The summed E-state index contributed by atoms with van der Waals surface area (Å²) in [6, 6.07) is 2.77. The molecule has 1 saturated carbocycles. The second-order valence-corrected chi connectivity index (χ2v) is 8.88. The van der Waals surface area contributed by atoms with Crippen molar-refractivity contribution in [3.8, 4) is 0 Å². The Bertz CT molecular complexity index is 772. The third kappa shape index (κ3) is 5.22. The maximum atomic E-state index is 13.1. The molecule has 27 heavy (non-hydrogen) atoms. The fourth-order valence-electron chi connectivity index (χ4n) is 3.40. The summed E-state index contributed by atoms with van der Waals surface area (Å²) < 4.78 is 66.4. The van der Waals surface area contributed by atoms with Gasteiger partial charge in [-0.1, -0.05) is 19.1 Å². The van der Waals surface area contributed by atoms with E-state index in [0.717, 1.165) is 37.8 Å². The Morgan fingerprint density at radius 2 is 1.74 bits per heavy atom. The van der Waals surface area contributed by atoms with Gasteiger partial charge in [-0.05, 0) is 50.7 Å². The molecule has 1 N–H and O–H groups in total. The highest BCUT2D eigenvalue weighted by Gasteiger charge is 2.38. The maximum absolute atomic E-state index is 13.1. The number of amides is 1. The highest BCUT2D eigenvalue weighted by molar-refractivity contribution is 7.89. The SMILES string of the molecule is CC1CCC(N(C)C(=O)[C@H](C)NS(=O)(=O)c2ccccc2C(F)(F)F)CC1. The van der Waals surface area contributed by atoms with Gasteiger partial charge in [0.15, 0.2) is 0 Å². The van der Waals surface area contributed by atoms with Crippen LogP contribution in [0.1, 0.15) is 45.1 Å². The zero-order valence-electron chi connectivity index (χ0n) is 15.6. The Morgan fingerprint density at radius 1 is 1.19 bits per heavy atom. The van der Waals surface area contributed by atoms with Crippen molar-refractivity contribution in [3.05, 3.63) is 29.8 Å². The molecule has 0 spiro atoms. The number of halogens is 3. The van der Waals surface area contributed by atoms with Gasteiger partial charge in [0.2, 0.25) is 15.9 Å². The molecular formula is C18H25F3N2O3S. The molecule has 1 aromatic rings. The standard InChI is InChI=1S/C18H25F3N2O3S/c1-12-8-10-14(11-9-12)23(3)17(24)13(2)22-27(25,26)16-7-5-4-6-15(16)18(19,20)21/h4-7,12-14,22H,8-11H2,1-3H3/t12?,13-,14?/m0/s1. The Hall–Kier alpha value is -1.61. The Labute approximate surface area is 158 Å². The summed E-state index contributed by atoms with van der Waals surface area (Å²) in [5.74, 6) is 0.141. The summed E-state index contributed by atoms with van der Waals surface area (Å²) in [4.78, 5) is 13.2. The number of rotatable bonds is 5. The molecule has 0 unspecified atom stereocenters. The second-order valence-electron chi connectivity index (χ2n) is 7.20. The first-order chi connectivity index (χ1) is 12.4. The van der Waals surface area contributed by atoms with Crippen LogP contribution in [-0.4, -0.2) is 38.4 Å². The van der Waals surface area contributed by atoms with Gasteiger partial charge in [-0.3, -0.25) is 4.79 Å². The lowest BCUT2D eigenvalue weighted by molar-refractivity contribution is -0.139. The first-order valence-electron chi connectivity index (χ1n) is 8.88. The summed E-state index contributed by atoms with van der Waals surface area (Å²) >= 11 is 0. The van der Waals surface area contributed by atoms with E-state index in [4.69, 9.17) is 0 Å². The van der Waals surface area contributed by atoms with Crippen LogP contribution in [0.3, 0.4) is 0 Å². The van der Waals surface area contributed by atoms with Gasteiger partial charge in [-0.15, -0.1) is 0 Å². The van der Waals surface area contributed by atoms with Crippen molar-refractivity contribution in [1.29, 1.82) is 0 Å². The molecule has 5 nitrogen and oxygen atoms in total. The van der Waals surface area contributed by atoms with E-state index in [1.54, 1.807) is 7.05 Å². The van der Waals surface area contributed by atoms with E-state index in [1.165, 1.54) is 17.9 Å². The molecule has 1 aromatic carbocycles. The molecule has 1 atom stereocenters. The molecule has 1 fully saturated rings. The lowest BCUT2D eigenvalue weighted by Gasteiger charge is -2.35. The third-order valence-electron chi connectivity index (χ3n) is 5.07. The van der Waals surface area contributed by atoms with Gasteiger partial charge in [-0.25, -0.2) is 8.42 Å². The van der Waals surface area contributed by atoms with Crippen molar-refractivity contribution in [2.24, 2.45) is 5.92 Å². The van der Waals surface area contributed by atoms with E-state index in [9.17, 15) is 26.4 Å². The van der Waals surface area contributed by atoms with E-state index < -0.39 is 38.6 Å². The minimum Gasteiger partial charge on any atom is -0.341 e. The first-order valence-corrected chi connectivity index (χ1v) is 10.4. The second kappa shape index (κ2) is 8.18. The lowest BCUT2D eigenvalue weighted by Crippen LogP contribution is -2.49. The first kappa shape index (κ1) is 21.7. The number of carbonyl (C=O) groups is 1. The van der Waals surface area contributed by atoms with Crippen molar-refractivity contribution in [3.63, 3.8) is 0 Å². The molecule has 0 bridgehead atoms. The lowest BCUT2D eigenvalue weighted by atomic mass is 9.86. The van der Waals surface area contributed by atoms with Crippen LogP contribution in [0.5, 0.6) is 0 Å². The average molecular weight is 406 g/mol. The molecule has 1 amide bonds. The summed E-state index contributed by atoms with van der Waals surface area (Å²) in [5.41, 5.74) is -1.26. The maximum Gasteiger partial charge on any atom is 0.417 e. The van der Waals surface area contributed by atoms with Crippen LogP contribution >= 0.6 is 0 Å². The monoisotopic (exact) mass is 406 g/mol. The predicted molar refractivity (Wildman–Crippen MR) is 95.4 cm³/mol. The predicted octanol–water partition coefficient (Wildman–Crippen LogP) is 3.41. The van der Waals surface area contributed by atoms with Crippen LogP contribution in [0, 0.1) is 5.92 Å². The van der Waals surface area contributed by atoms with Gasteiger partial charge < -0.3 is 4.90 Å². The van der Waals surface area contributed by atoms with Crippen LogP contribution in [0.4, 0.5) is 13.2 Å². The van der Waals surface area contributed by atoms with Crippen LogP contribution in [0.2, 0.25) is 0 Å². The molecule has 0 aliphatic heterocycles. The number of nitrogens with zero attached hydrogens (tertiary/aromatic N) is 1. The molecule has 0 saturated heterocycles. The number of nitrogens with one attached hydrogen (secondary N) is 1. The van der Waals surface area contributed by atoms with E-state index in [2.05, 4.69) is 11.6 Å². The largest absolute Gasteiger partial charge is 0.417 e. The Kier molecular flexibility index (Phi) is 6.57. The van der Waals surface area contributed by atoms with E-state index in [0.29, 0.717) is 12.0 Å². The smallest absolute Gasteiger partial charge is 0.341 e. The highest BCUT2D eigenvalue weighted by atomic mass is 32.2. The van der Waals surface area contributed by atoms with Crippen LogP contribution in [0.25, 0.3) is 0 Å². The van der Waals surface area contributed by atoms with Crippen molar-refractivity contribution < 1.29 is 26.4 Å². The summed E-state index contributed by atoms with van der Waals surface area (Å²) in [6.45, 7) is 3.49. The van der Waals surface area contributed by atoms with Gasteiger partial charge >= 0.3 is 6.18 Å². The third-order valence-corrected chi connectivity index (χ3v) is 6.66. The molecule has 0 radical (unpaired) electrons. The van der Waals surface area contributed by atoms with Gasteiger partial charge in [0.25, 0.3) is 0 Å². The van der Waals surface area contributed by atoms with Crippen molar-refractivity contribution in [1.82, 2.24) is 9.62 Å². The fraction of sp³-hybridized carbons (Fsp3) is 0.611. The quantitative estimate of drug-likeness (QED) is 0.815. The number of alkyl halides is 3. The Morgan fingerprint density at radius 3 is 2.30 bits per heavy atom. The highest BCUT2D eigenvalue weighted by Crippen LogP contribution is 2.34. The number of hydrogen-bond donors (Lipinski definition) is 1. The zero-order valence-corrected chi connectivity index (χ0v) is 16.4. The number of hydrogen-bond acceptors (Lipinski definition) is 3. The fourth-order valence-corrected chi connectivity index (χ4v) is 4.82. The minimum absolute atomic E-state index is 0.0168. The molecular weight excluding hydrogens is 381 g/mol. The topological polar surface area (TPSA) is 66.5 Å². The molecule has 152 valence electrons. The van der Waals surface area contributed by atoms with Crippen LogP contribution in [0.15, 0.2) is 29.2 Å². The normalized spacial score (nSPS) is 22.3. The number of carbonyl (C=O) groups excluding carboxylic acids is 1. The van der Waals surface area contributed by atoms with Gasteiger partial charge in [-0.2, -0.15) is 17.9 Å². The molecule has 2 rings (SSSR count). The average Bonchev–Trinajstić information content (AvgIpc) is 2.60. The molecule has 0 aromatic heterocycles. The van der Waals surface area contributed by atoms with Crippen molar-refractivity contribution >= 4 is 15.9 Å². The number of likely N-dealkylation sites (N-methyl/N-ethyl adjacent to an activating group) is 1. The molecule has 1 aliphatic carbocycles. The van der Waals surface area contributed by atoms with Gasteiger partial charge in [0, 0.05) is 13.1 Å². The minimum atomic E-state index is -4.81. The van der Waals surface area contributed by atoms with Gasteiger partial charge in [0.1, 0.15) is 0 Å². The summed E-state index contributed by atoms with van der Waals surface area (Å²) in [6.07, 6.45) is -1.17. The molecule has 9 heteroatoms. The number of sulfonamides is 1. The zero-order chi connectivity index (χ0) is 20.4. The Balaban J connectivity index is 2.15. The summed E-state index contributed by atoms with van der Waals surface area (Å²) in [7, 11) is -2.90. The van der Waals surface area contributed by atoms with E-state index in [-0.39, 0.29) is 6.04 Å². The molecule has 0 heterocycles. The van der Waals surface area contributed by atoms with Crippen molar-refractivity contribution in [2.75, 3.05) is 7.05 Å². The van der Waals surface area contributed by atoms with Crippen LogP contribution < -0.4 is 4.72 Å². The van der Waals surface area contributed by atoms with E-state index in [1.807, 2.05) is 0 Å². The van der Waals surface area contributed by atoms with Gasteiger partial charge in [0.05, 0.1) is 16.5 Å². The molecule has 1 aliphatic rings. The van der Waals surface area contributed by atoms with E-state index >= 15 is 0 Å².